The van der Waals surface area contributed by atoms with Gasteiger partial charge in [0.1, 0.15) is 0 Å². The van der Waals surface area contributed by atoms with Crippen molar-refractivity contribution in [1.29, 1.82) is 0 Å². The van der Waals surface area contributed by atoms with Crippen molar-refractivity contribution in [2.75, 3.05) is 26.6 Å². The van der Waals surface area contributed by atoms with Gasteiger partial charge in [0.15, 0.2) is 11.5 Å². The summed E-state index contributed by atoms with van der Waals surface area (Å²) in [5.74, 6) is 2.65. The second-order valence-corrected chi connectivity index (χ2v) is 4.58. The lowest BCUT2D eigenvalue weighted by molar-refractivity contribution is 0.347. The summed E-state index contributed by atoms with van der Waals surface area (Å²) in [4.78, 5) is 4.31. The second kappa shape index (κ2) is 8.16. The molecule has 0 fully saturated rings. The molecule has 1 N–H and O–H groups in total. The largest absolute Gasteiger partial charge is 0.493 e. The number of methoxy groups -OCH3 is 2. The van der Waals surface area contributed by atoms with E-state index in [4.69, 9.17) is 21.1 Å². The highest BCUT2D eigenvalue weighted by molar-refractivity contribution is 6.17. The number of ether oxygens (including phenoxy) is 2. The molecule has 1 heterocycles. The first-order valence-electron chi connectivity index (χ1n) is 6.05. The monoisotopic (exact) mass is 272 g/mol. The van der Waals surface area contributed by atoms with Gasteiger partial charge in [-0.25, -0.2) is 0 Å². The first-order chi connectivity index (χ1) is 8.72. The number of pyridine rings is 1. The van der Waals surface area contributed by atoms with Crippen molar-refractivity contribution < 1.29 is 9.47 Å². The Kier molecular flexibility index (Phi) is 6.83. The lowest BCUT2D eigenvalue weighted by Crippen LogP contribution is -2.22. The topological polar surface area (TPSA) is 43.4 Å². The highest BCUT2D eigenvalue weighted by Crippen LogP contribution is 2.28. The zero-order valence-corrected chi connectivity index (χ0v) is 12.0. The molecule has 1 unspecified atom stereocenters. The number of hydrogen-bond donors (Lipinski definition) is 1. The molecule has 0 saturated carbocycles. The van der Waals surface area contributed by atoms with Gasteiger partial charge in [-0.3, -0.25) is 4.98 Å². The lowest BCUT2D eigenvalue weighted by atomic mass is 10.1. The molecule has 0 amide bonds. The minimum atomic E-state index is 0.555. The van der Waals surface area contributed by atoms with Gasteiger partial charge in [-0.2, -0.15) is 0 Å². The third-order valence-corrected chi connectivity index (χ3v) is 2.97. The average molecular weight is 273 g/mol. The number of nitrogens with one attached hydrogen (secondary N) is 1. The Hall–Kier alpha value is -1.00. The van der Waals surface area contributed by atoms with E-state index < -0.39 is 0 Å². The summed E-state index contributed by atoms with van der Waals surface area (Å²) >= 11 is 5.70. The Morgan fingerprint density at radius 3 is 2.78 bits per heavy atom. The summed E-state index contributed by atoms with van der Waals surface area (Å²) in [7, 11) is 3.25. The van der Waals surface area contributed by atoms with Crippen LogP contribution in [0.4, 0.5) is 0 Å². The molecule has 1 rings (SSSR count). The number of aromatic nitrogens is 1. The van der Waals surface area contributed by atoms with Crippen LogP contribution in [-0.4, -0.2) is 31.6 Å². The molecule has 102 valence electrons. The first-order valence-corrected chi connectivity index (χ1v) is 6.58. The van der Waals surface area contributed by atoms with Crippen LogP contribution in [0.25, 0.3) is 0 Å². The van der Waals surface area contributed by atoms with Crippen molar-refractivity contribution in [3.63, 3.8) is 0 Å². The van der Waals surface area contributed by atoms with Crippen LogP contribution in [0.15, 0.2) is 12.3 Å². The van der Waals surface area contributed by atoms with E-state index in [1.807, 2.05) is 0 Å². The Balaban J connectivity index is 2.56. The predicted molar refractivity (Wildman–Crippen MR) is 73.5 cm³/mol. The smallest absolute Gasteiger partial charge is 0.183 e. The van der Waals surface area contributed by atoms with E-state index >= 15 is 0 Å². The standard InChI is InChI=1S/C13H21ClN2O2/c1-10(4-6-14)8-15-9-11-13(18-3)12(17-2)5-7-16-11/h5,7,10,15H,4,6,8-9H2,1-3H3. The Bertz CT molecular complexity index is 361. The summed E-state index contributed by atoms with van der Waals surface area (Å²) in [6.45, 7) is 3.74. The minimum Gasteiger partial charge on any atom is -0.493 e. The molecule has 5 heteroatoms. The Labute approximate surface area is 114 Å². The second-order valence-electron chi connectivity index (χ2n) is 4.21. The molecule has 1 aromatic heterocycles. The SMILES string of the molecule is COc1ccnc(CNCC(C)CCCl)c1OC. The van der Waals surface area contributed by atoms with Gasteiger partial charge in [0.05, 0.1) is 19.9 Å². The van der Waals surface area contributed by atoms with Gasteiger partial charge >= 0.3 is 0 Å². The summed E-state index contributed by atoms with van der Waals surface area (Å²) < 4.78 is 10.6. The molecule has 4 nitrogen and oxygen atoms in total. The van der Waals surface area contributed by atoms with Crippen molar-refractivity contribution in [1.82, 2.24) is 10.3 Å². The van der Waals surface area contributed by atoms with Crippen LogP contribution in [0, 0.1) is 5.92 Å². The summed E-state index contributed by atoms with van der Waals surface area (Å²) in [5, 5.41) is 3.36. The van der Waals surface area contributed by atoms with Crippen molar-refractivity contribution >= 4 is 11.6 Å². The molecular weight excluding hydrogens is 252 g/mol. The lowest BCUT2D eigenvalue weighted by Gasteiger charge is -2.14. The Morgan fingerprint density at radius 1 is 1.39 bits per heavy atom. The van der Waals surface area contributed by atoms with Gasteiger partial charge in [0.25, 0.3) is 0 Å². The number of hydrogen-bond acceptors (Lipinski definition) is 4. The van der Waals surface area contributed by atoms with E-state index in [1.54, 1.807) is 26.5 Å². The van der Waals surface area contributed by atoms with Crippen molar-refractivity contribution in [2.45, 2.75) is 19.9 Å². The molecule has 1 aromatic rings. The summed E-state index contributed by atoms with van der Waals surface area (Å²) in [6.07, 6.45) is 2.73. The number of nitrogens with zero attached hydrogens (tertiary/aromatic N) is 1. The third kappa shape index (κ3) is 4.35. The molecule has 0 aliphatic rings. The maximum atomic E-state index is 5.70. The van der Waals surface area contributed by atoms with Gasteiger partial charge in [0.2, 0.25) is 0 Å². The zero-order chi connectivity index (χ0) is 13.4. The minimum absolute atomic E-state index is 0.555. The number of rotatable bonds is 8. The summed E-state index contributed by atoms with van der Waals surface area (Å²) in [5.41, 5.74) is 0.856. The van der Waals surface area contributed by atoms with Crippen molar-refractivity contribution in [2.24, 2.45) is 5.92 Å². The van der Waals surface area contributed by atoms with Crippen molar-refractivity contribution in [3.05, 3.63) is 18.0 Å². The van der Waals surface area contributed by atoms with Gasteiger partial charge in [-0.05, 0) is 18.9 Å². The van der Waals surface area contributed by atoms with E-state index in [0.29, 0.717) is 29.8 Å². The zero-order valence-electron chi connectivity index (χ0n) is 11.2. The number of halogens is 1. The maximum Gasteiger partial charge on any atom is 0.183 e. The predicted octanol–water partition coefficient (Wildman–Crippen LogP) is 2.45. The van der Waals surface area contributed by atoms with Crippen LogP contribution in [-0.2, 0) is 6.54 Å². The molecule has 0 aromatic carbocycles. The van der Waals surface area contributed by atoms with E-state index in [0.717, 1.165) is 18.7 Å². The van der Waals surface area contributed by atoms with E-state index in [1.165, 1.54) is 0 Å². The van der Waals surface area contributed by atoms with Gasteiger partial charge in [-0.1, -0.05) is 6.92 Å². The molecule has 0 radical (unpaired) electrons. The molecule has 0 aliphatic carbocycles. The highest BCUT2D eigenvalue weighted by Gasteiger charge is 2.10. The molecule has 0 spiro atoms. The normalized spacial score (nSPS) is 12.2. The third-order valence-electron chi connectivity index (χ3n) is 2.75. The fourth-order valence-corrected chi connectivity index (χ4v) is 2.07. The molecule has 0 aliphatic heterocycles. The average Bonchev–Trinajstić information content (AvgIpc) is 2.38. The molecule has 18 heavy (non-hydrogen) atoms. The van der Waals surface area contributed by atoms with Crippen LogP contribution in [0.5, 0.6) is 11.5 Å². The van der Waals surface area contributed by atoms with E-state index in [2.05, 4.69) is 17.2 Å². The van der Waals surface area contributed by atoms with Gasteiger partial charge in [-0.15, -0.1) is 11.6 Å². The van der Waals surface area contributed by atoms with Crippen LogP contribution in [0.3, 0.4) is 0 Å². The fraction of sp³-hybridized carbons (Fsp3) is 0.615. The molecule has 0 saturated heterocycles. The Morgan fingerprint density at radius 2 is 2.17 bits per heavy atom. The fourth-order valence-electron chi connectivity index (χ4n) is 1.70. The van der Waals surface area contributed by atoms with E-state index in [-0.39, 0.29) is 0 Å². The van der Waals surface area contributed by atoms with Crippen LogP contribution in [0.2, 0.25) is 0 Å². The van der Waals surface area contributed by atoms with Crippen LogP contribution < -0.4 is 14.8 Å². The summed E-state index contributed by atoms with van der Waals surface area (Å²) in [6, 6.07) is 1.79. The molecule has 1 atom stereocenters. The van der Waals surface area contributed by atoms with Crippen molar-refractivity contribution in [3.8, 4) is 11.5 Å². The maximum absolute atomic E-state index is 5.70. The highest BCUT2D eigenvalue weighted by atomic mass is 35.5. The van der Waals surface area contributed by atoms with Gasteiger partial charge < -0.3 is 14.8 Å². The number of alkyl halides is 1. The quantitative estimate of drug-likeness (QED) is 0.739. The molecular formula is C13H21ClN2O2. The van der Waals surface area contributed by atoms with Crippen LogP contribution >= 0.6 is 11.6 Å². The molecule has 0 bridgehead atoms. The van der Waals surface area contributed by atoms with Crippen LogP contribution in [0.1, 0.15) is 19.0 Å². The van der Waals surface area contributed by atoms with E-state index in [9.17, 15) is 0 Å². The van der Waals surface area contributed by atoms with Gasteiger partial charge in [0, 0.05) is 24.7 Å². The first kappa shape index (κ1) is 15.1.